The molecular weight excluding hydrogens is 858 g/mol. The largest absolute Gasteiger partial charge is 0.464 e. The van der Waals surface area contributed by atoms with E-state index >= 15 is 0 Å². The van der Waals surface area contributed by atoms with Gasteiger partial charge in [-0.2, -0.15) is 0 Å². The molecule has 6 N–H and O–H groups in total. The number of carbonyl (C=O) groups is 4. The number of nitrogens with two attached hydrogens (primary N) is 2. The van der Waals surface area contributed by atoms with Crippen molar-refractivity contribution < 1.29 is 47.6 Å². The smallest absolute Gasteiger partial charge is 0.358 e. The van der Waals surface area contributed by atoms with Crippen LogP contribution in [0.5, 0.6) is 0 Å². The van der Waals surface area contributed by atoms with Crippen LogP contribution in [0.15, 0.2) is 65.1 Å². The van der Waals surface area contributed by atoms with Crippen molar-refractivity contribution in [1.82, 2.24) is 19.8 Å². The highest BCUT2D eigenvalue weighted by Crippen LogP contribution is 2.28. The Morgan fingerprint density at radius 1 is 0.787 bits per heavy atom. The van der Waals surface area contributed by atoms with Gasteiger partial charge in [0.2, 0.25) is 11.2 Å². The Hall–Kier alpha value is -6.40. The number of anilines is 2. The number of benzene rings is 2. The molecule has 0 bridgehead atoms. The lowest BCUT2D eigenvalue weighted by atomic mass is 9.92. The van der Waals surface area contributed by atoms with E-state index in [0.29, 0.717) is 42.6 Å². The molecule has 0 unspecified atom stereocenters. The number of nitrogen functional groups attached to an aromatic ring is 2. The number of likely N-dealkylation sites (tertiary alicyclic amines) is 2. The standard InChI is InChI=1S/C21H20FN3O4.C13H10BrFN2O2.C8H11NO2.2CH4/c1-25-10-4-8-21(28,20(25)27)9-7-13-5-3-6-14(11-13)17-15(22)12-16(23)18(24-17)19(26)29-2;1-19-13(18)12-10(16)6-9(15)11(17-12)7-3-2-4-8(14)5-7;1-3-8(11)5-4-6-9(2)7(8)10;;/h3,5-6,11-12,28H,4,8,10,23H2,1-2H3;2-6H,16H2,1H3;1,11H,4-6H2,2H3;2*1H4/t21-;;8-;;/m1.0../s1. The first-order valence-electron chi connectivity index (χ1n) is 17.8. The molecule has 4 aromatic rings. The number of pyridine rings is 2. The third-order valence-corrected chi connectivity index (χ3v) is 9.61. The van der Waals surface area contributed by atoms with E-state index in [1.54, 1.807) is 62.6 Å². The number of aliphatic hydroxyl groups is 2. The molecule has 2 aromatic carbocycles. The lowest BCUT2D eigenvalue weighted by Crippen LogP contribution is -2.51. The van der Waals surface area contributed by atoms with E-state index in [2.05, 4.69) is 53.1 Å². The van der Waals surface area contributed by atoms with Gasteiger partial charge in [0.05, 0.1) is 25.6 Å². The van der Waals surface area contributed by atoms with Crippen LogP contribution in [0.2, 0.25) is 0 Å². The molecule has 0 spiro atoms. The number of ether oxygens (including phenoxy) is 2. The molecule has 2 aliphatic heterocycles. The van der Waals surface area contributed by atoms with Gasteiger partial charge in [0.25, 0.3) is 11.8 Å². The van der Waals surface area contributed by atoms with Crippen LogP contribution in [0.3, 0.4) is 0 Å². The number of carbonyl (C=O) groups excluding carboxylic acids is 4. The summed E-state index contributed by atoms with van der Waals surface area (Å²) in [5, 5.41) is 20.0. The second kappa shape index (κ2) is 21.7. The Balaban J connectivity index is 0.000000344. The zero-order valence-electron chi connectivity index (χ0n) is 32.5. The monoisotopic (exact) mass is 906 g/mol. The highest BCUT2D eigenvalue weighted by atomic mass is 79.9. The average Bonchev–Trinajstić information content (AvgIpc) is 3.21. The zero-order chi connectivity index (χ0) is 43.7. The average molecular weight is 908 g/mol. The molecule has 2 aliphatic rings. The Kier molecular flexibility index (Phi) is 18.1. The van der Waals surface area contributed by atoms with Crippen LogP contribution in [0.25, 0.3) is 22.5 Å². The van der Waals surface area contributed by atoms with E-state index in [9.17, 15) is 38.2 Å². The third kappa shape index (κ3) is 12.1. The van der Waals surface area contributed by atoms with Gasteiger partial charge in [0, 0.05) is 60.5 Å². The van der Waals surface area contributed by atoms with Crippen LogP contribution in [-0.2, 0) is 19.1 Å². The summed E-state index contributed by atoms with van der Waals surface area (Å²) < 4.78 is 38.3. The zero-order valence-corrected chi connectivity index (χ0v) is 34.1. The third-order valence-electron chi connectivity index (χ3n) is 9.12. The Morgan fingerprint density at radius 3 is 1.67 bits per heavy atom. The van der Waals surface area contributed by atoms with Crippen molar-refractivity contribution in [1.29, 1.82) is 0 Å². The maximum Gasteiger partial charge on any atom is 0.358 e. The Labute approximate surface area is 362 Å². The number of likely N-dealkylation sites (N-methyl/N-ethyl adjacent to an activating group) is 2. The van der Waals surface area contributed by atoms with Gasteiger partial charge < -0.3 is 41.0 Å². The van der Waals surface area contributed by atoms with Gasteiger partial charge in [-0.05, 0) is 49.9 Å². The van der Waals surface area contributed by atoms with Crippen molar-refractivity contribution in [3.8, 4) is 46.7 Å². The van der Waals surface area contributed by atoms with E-state index < -0.39 is 40.7 Å². The molecule has 2 saturated heterocycles. The number of hydrogen-bond acceptors (Lipinski definition) is 12. The number of nitrogens with zero attached hydrogens (tertiary/aromatic N) is 4. The summed E-state index contributed by atoms with van der Waals surface area (Å²) in [6, 6.07) is 15.4. The number of terminal acetylenes is 1. The molecule has 4 heterocycles. The van der Waals surface area contributed by atoms with Crippen LogP contribution in [0, 0.1) is 35.8 Å². The minimum Gasteiger partial charge on any atom is -0.464 e. The Morgan fingerprint density at radius 2 is 1.23 bits per heavy atom. The molecule has 2 aromatic heterocycles. The highest BCUT2D eigenvalue weighted by molar-refractivity contribution is 9.10. The normalized spacial score (nSPS) is 17.8. The fraction of sp³-hybridized carbons (Fsp3) is 0.318. The predicted molar refractivity (Wildman–Crippen MR) is 231 cm³/mol. The molecule has 2 fully saturated rings. The van der Waals surface area contributed by atoms with Crippen molar-refractivity contribution >= 4 is 51.1 Å². The molecule has 2 atom stereocenters. The second-order valence-corrected chi connectivity index (χ2v) is 14.3. The van der Waals surface area contributed by atoms with Gasteiger partial charge >= 0.3 is 11.9 Å². The molecule has 0 radical (unpaired) electrons. The quantitative estimate of drug-likeness (QED) is 0.148. The molecule has 14 nitrogen and oxygen atoms in total. The summed E-state index contributed by atoms with van der Waals surface area (Å²) in [4.78, 5) is 57.6. The SMILES string of the molecule is C.C.C#C[C@]1(O)CCCN(C)C1=O.COC(=O)c1nc(-c2cccc(Br)c2)c(F)cc1N.COC(=O)c1nc(-c2cccc(C#C[C@]3(O)CCCN(C)C3=O)c2)c(F)cc1N. The summed E-state index contributed by atoms with van der Waals surface area (Å²) in [6.45, 7) is 1.26. The van der Waals surface area contributed by atoms with E-state index in [0.717, 1.165) is 23.0 Å². The molecule has 0 aliphatic carbocycles. The predicted octanol–water partition coefficient (Wildman–Crippen LogP) is 5.49. The number of halogens is 3. The minimum atomic E-state index is -1.74. The number of rotatable bonds is 4. The van der Waals surface area contributed by atoms with Gasteiger partial charge in [-0.15, -0.1) is 6.42 Å². The molecule has 17 heteroatoms. The lowest BCUT2D eigenvalue weighted by Gasteiger charge is -2.32. The maximum atomic E-state index is 14.4. The molecule has 0 saturated carbocycles. The fourth-order valence-electron chi connectivity index (χ4n) is 5.93. The van der Waals surface area contributed by atoms with Crippen LogP contribution in [0.1, 0.15) is 67.1 Å². The summed E-state index contributed by atoms with van der Waals surface area (Å²) >= 11 is 3.29. The number of esters is 2. The van der Waals surface area contributed by atoms with Crippen molar-refractivity contribution in [2.24, 2.45) is 0 Å². The molecular formula is C44H49BrF2N6O8. The topological polar surface area (TPSA) is 212 Å². The first-order valence-corrected chi connectivity index (χ1v) is 18.6. The lowest BCUT2D eigenvalue weighted by molar-refractivity contribution is -0.149. The number of aromatic nitrogens is 2. The first-order chi connectivity index (χ1) is 27.9. The van der Waals surface area contributed by atoms with Crippen molar-refractivity contribution in [3.05, 3.63) is 93.7 Å². The summed E-state index contributed by atoms with van der Waals surface area (Å²) in [6.07, 6.45) is 7.08. The van der Waals surface area contributed by atoms with Crippen molar-refractivity contribution in [3.63, 3.8) is 0 Å². The van der Waals surface area contributed by atoms with Crippen molar-refractivity contribution in [2.45, 2.75) is 51.7 Å². The summed E-state index contributed by atoms with van der Waals surface area (Å²) in [5.74, 6) is 3.97. The second-order valence-electron chi connectivity index (χ2n) is 13.4. The van der Waals surface area contributed by atoms with Gasteiger partial charge in [-0.3, -0.25) is 9.59 Å². The maximum absolute atomic E-state index is 14.4. The van der Waals surface area contributed by atoms with Crippen LogP contribution in [0.4, 0.5) is 20.2 Å². The van der Waals surface area contributed by atoms with E-state index in [-0.39, 0.29) is 61.3 Å². The van der Waals surface area contributed by atoms with Crippen LogP contribution < -0.4 is 11.5 Å². The Bertz CT molecular complexity index is 2380. The van der Waals surface area contributed by atoms with E-state index in [1.165, 1.54) is 24.0 Å². The number of amides is 2. The molecule has 324 valence electrons. The van der Waals surface area contributed by atoms with E-state index in [4.69, 9.17) is 17.9 Å². The van der Waals surface area contributed by atoms with E-state index in [1.807, 2.05) is 0 Å². The van der Waals surface area contributed by atoms with Crippen LogP contribution in [-0.4, -0.2) is 106 Å². The number of methoxy groups -OCH3 is 2. The van der Waals surface area contributed by atoms with Gasteiger partial charge in [-0.1, -0.05) is 72.8 Å². The highest BCUT2D eigenvalue weighted by Gasteiger charge is 2.40. The molecule has 61 heavy (non-hydrogen) atoms. The molecule has 6 rings (SSSR count). The van der Waals surface area contributed by atoms with Crippen LogP contribution >= 0.6 is 15.9 Å². The van der Waals surface area contributed by atoms with Crippen molar-refractivity contribution in [2.75, 3.05) is 52.9 Å². The number of hydrogen-bond donors (Lipinski definition) is 4. The van der Waals surface area contributed by atoms with Gasteiger partial charge in [0.15, 0.2) is 23.0 Å². The fourth-order valence-corrected chi connectivity index (χ4v) is 6.33. The first kappa shape index (κ1) is 50.7. The van der Waals surface area contributed by atoms with Gasteiger partial charge in [-0.25, -0.2) is 28.3 Å². The summed E-state index contributed by atoms with van der Waals surface area (Å²) in [5.41, 5.74) is 8.79. The van der Waals surface area contributed by atoms with Gasteiger partial charge in [0.1, 0.15) is 11.4 Å². The minimum absolute atomic E-state index is 0. The molecule has 2 amide bonds. The summed E-state index contributed by atoms with van der Waals surface area (Å²) in [7, 11) is 5.65. The number of piperidine rings is 2.